The van der Waals surface area contributed by atoms with Gasteiger partial charge in [0.25, 0.3) is 0 Å². The lowest BCUT2D eigenvalue weighted by Gasteiger charge is -2.16. The molecule has 0 aliphatic heterocycles. The van der Waals surface area contributed by atoms with Crippen LogP contribution < -0.4 is 4.72 Å². The molecule has 2 N–H and O–H groups in total. The number of rotatable bonds is 8. The number of unbranched alkanes of at least 4 members (excludes halogenated alkanes) is 2. The van der Waals surface area contributed by atoms with E-state index in [9.17, 15) is 8.42 Å². The summed E-state index contributed by atoms with van der Waals surface area (Å²) in [5, 5.41) is 17.3. The zero-order chi connectivity index (χ0) is 20.4. The Hall–Kier alpha value is -2.51. The van der Waals surface area contributed by atoms with Gasteiger partial charge in [0.15, 0.2) is 11.3 Å². The van der Waals surface area contributed by atoms with E-state index in [-0.39, 0.29) is 17.7 Å². The molecular formula is C19H25N7O2S. The van der Waals surface area contributed by atoms with E-state index in [0.29, 0.717) is 37.2 Å². The Morgan fingerprint density at radius 1 is 1.34 bits per heavy atom. The molecule has 0 saturated heterocycles. The van der Waals surface area contributed by atoms with E-state index >= 15 is 0 Å². The van der Waals surface area contributed by atoms with Crippen molar-refractivity contribution in [1.29, 1.82) is 5.26 Å². The molecule has 4 rings (SSSR count). The molecule has 0 unspecified atom stereocenters. The summed E-state index contributed by atoms with van der Waals surface area (Å²) in [5.74, 6) is 1.39. The minimum absolute atomic E-state index is 0.0656. The van der Waals surface area contributed by atoms with Crippen LogP contribution in [0.3, 0.4) is 0 Å². The highest BCUT2D eigenvalue weighted by Crippen LogP contribution is 2.41. The predicted molar refractivity (Wildman–Crippen MR) is 109 cm³/mol. The van der Waals surface area contributed by atoms with E-state index in [1.165, 1.54) is 0 Å². The van der Waals surface area contributed by atoms with E-state index in [4.69, 9.17) is 5.26 Å². The van der Waals surface area contributed by atoms with Gasteiger partial charge in [-0.15, -0.1) is 10.2 Å². The van der Waals surface area contributed by atoms with Crippen LogP contribution in [0.1, 0.15) is 57.2 Å². The molecular weight excluding hydrogens is 390 g/mol. The summed E-state index contributed by atoms with van der Waals surface area (Å²) in [6.45, 7) is 2.13. The number of nitrogens with one attached hydrogen (secondary N) is 2. The smallest absolute Gasteiger partial charge is 0.211 e. The number of nitriles is 1. The van der Waals surface area contributed by atoms with E-state index in [1.807, 2.05) is 16.7 Å². The Morgan fingerprint density at radius 3 is 3.00 bits per heavy atom. The van der Waals surface area contributed by atoms with Crippen LogP contribution in [-0.2, 0) is 10.0 Å². The number of nitrogens with zero attached hydrogens (tertiary/aromatic N) is 5. The SMILES string of the molecule is CC[C@@H]1C[C@H](NS(=O)(=O)CCCCC#N)C[C@@H]1c1nnc2cnc3[nH]ccc3n12. The minimum atomic E-state index is -3.35. The summed E-state index contributed by atoms with van der Waals surface area (Å²) in [6, 6.07) is 3.90. The number of aromatic amines is 1. The normalized spacial score (nSPS) is 22.4. The Labute approximate surface area is 169 Å². The van der Waals surface area contributed by atoms with Gasteiger partial charge in [-0.25, -0.2) is 18.1 Å². The van der Waals surface area contributed by atoms with E-state index in [2.05, 4.69) is 37.9 Å². The fraction of sp³-hybridized carbons (Fsp3) is 0.579. The number of sulfonamides is 1. The Kier molecular flexibility index (Phi) is 5.52. The van der Waals surface area contributed by atoms with Crippen molar-refractivity contribution in [3.05, 3.63) is 24.3 Å². The second-order valence-corrected chi connectivity index (χ2v) is 9.59. The highest BCUT2D eigenvalue weighted by molar-refractivity contribution is 7.89. The predicted octanol–water partition coefficient (Wildman–Crippen LogP) is 2.49. The molecule has 3 aromatic heterocycles. The van der Waals surface area contributed by atoms with Crippen molar-refractivity contribution in [2.45, 2.75) is 57.4 Å². The maximum absolute atomic E-state index is 12.5. The molecule has 0 radical (unpaired) electrons. The zero-order valence-corrected chi connectivity index (χ0v) is 17.2. The summed E-state index contributed by atoms with van der Waals surface area (Å²) in [6.07, 6.45) is 7.48. The number of hydrogen-bond acceptors (Lipinski definition) is 6. The average molecular weight is 416 g/mol. The Balaban J connectivity index is 1.54. The molecule has 1 aliphatic carbocycles. The zero-order valence-electron chi connectivity index (χ0n) is 16.4. The van der Waals surface area contributed by atoms with Gasteiger partial charge < -0.3 is 4.98 Å². The summed E-state index contributed by atoms with van der Waals surface area (Å²) in [7, 11) is -3.35. The third-order valence-corrected chi connectivity index (χ3v) is 7.33. The Bertz CT molecular complexity index is 1140. The molecule has 29 heavy (non-hydrogen) atoms. The lowest BCUT2D eigenvalue weighted by atomic mass is 9.93. The molecule has 154 valence electrons. The van der Waals surface area contributed by atoms with Gasteiger partial charge in [-0.3, -0.25) is 4.40 Å². The second-order valence-electron chi connectivity index (χ2n) is 7.72. The minimum Gasteiger partial charge on any atom is -0.345 e. The lowest BCUT2D eigenvalue weighted by Crippen LogP contribution is -2.34. The van der Waals surface area contributed by atoms with Crippen molar-refractivity contribution >= 4 is 26.8 Å². The van der Waals surface area contributed by atoms with Gasteiger partial charge in [-0.2, -0.15) is 5.26 Å². The maximum Gasteiger partial charge on any atom is 0.211 e. The Morgan fingerprint density at radius 2 is 2.21 bits per heavy atom. The molecule has 0 aromatic carbocycles. The van der Waals surface area contributed by atoms with E-state index in [1.54, 1.807) is 6.20 Å². The van der Waals surface area contributed by atoms with Crippen molar-refractivity contribution in [2.75, 3.05) is 5.75 Å². The molecule has 0 bridgehead atoms. The van der Waals surface area contributed by atoms with Crippen molar-refractivity contribution in [1.82, 2.24) is 29.3 Å². The largest absolute Gasteiger partial charge is 0.345 e. The highest BCUT2D eigenvalue weighted by Gasteiger charge is 2.38. The van der Waals surface area contributed by atoms with Crippen LogP contribution >= 0.6 is 0 Å². The highest BCUT2D eigenvalue weighted by atomic mass is 32.2. The summed E-state index contributed by atoms with van der Waals surface area (Å²) in [5.41, 5.74) is 2.40. The molecule has 0 spiro atoms. The van der Waals surface area contributed by atoms with Crippen LogP contribution in [0.5, 0.6) is 0 Å². The number of H-pyrrole nitrogens is 1. The third kappa shape index (κ3) is 3.97. The lowest BCUT2D eigenvalue weighted by molar-refractivity contribution is 0.449. The number of aromatic nitrogens is 5. The van der Waals surface area contributed by atoms with Gasteiger partial charge in [-0.1, -0.05) is 13.3 Å². The fourth-order valence-electron chi connectivity index (χ4n) is 4.44. The average Bonchev–Trinajstić information content (AvgIpc) is 3.41. The molecule has 1 aliphatic rings. The van der Waals surface area contributed by atoms with Gasteiger partial charge in [0, 0.05) is 24.6 Å². The standard InChI is InChI=1S/C19H25N7O2S/c1-2-13-10-14(25-29(27,28)9-5-3-4-7-20)11-15(13)19-24-23-17-12-22-18-16(26(17)19)6-8-21-18/h6,8,12-15,21,25H,2-5,9-11H2,1H3/t13-,14+,15+/m1/s1. The molecule has 1 saturated carbocycles. The van der Waals surface area contributed by atoms with Gasteiger partial charge in [-0.05, 0) is 37.7 Å². The first-order valence-electron chi connectivity index (χ1n) is 10.1. The quantitative estimate of drug-likeness (QED) is 0.544. The summed E-state index contributed by atoms with van der Waals surface area (Å²) in [4.78, 5) is 7.48. The second kappa shape index (κ2) is 8.08. The van der Waals surface area contributed by atoms with Crippen molar-refractivity contribution < 1.29 is 8.42 Å². The number of fused-ring (bicyclic) bond motifs is 3. The van der Waals surface area contributed by atoms with Gasteiger partial charge in [0.2, 0.25) is 10.0 Å². The summed E-state index contributed by atoms with van der Waals surface area (Å²) < 4.78 is 29.8. The molecule has 9 nitrogen and oxygen atoms in total. The third-order valence-electron chi connectivity index (χ3n) is 5.82. The van der Waals surface area contributed by atoms with Gasteiger partial charge in [0.05, 0.1) is 23.5 Å². The van der Waals surface area contributed by atoms with Gasteiger partial charge >= 0.3 is 0 Å². The van der Waals surface area contributed by atoms with Crippen molar-refractivity contribution in [3.8, 4) is 6.07 Å². The van der Waals surface area contributed by atoms with Crippen LogP contribution in [0.15, 0.2) is 18.5 Å². The van der Waals surface area contributed by atoms with Crippen LogP contribution in [0.4, 0.5) is 0 Å². The van der Waals surface area contributed by atoms with E-state index in [0.717, 1.165) is 29.8 Å². The first-order valence-corrected chi connectivity index (χ1v) is 11.7. The molecule has 3 heterocycles. The monoisotopic (exact) mass is 415 g/mol. The van der Waals surface area contributed by atoms with Crippen LogP contribution in [0.2, 0.25) is 0 Å². The number of hydrogen-bond donors (Lipinski definition) is 2. The topological polar surface area (TPSA) is 129 Å². The van der Waals surface area contributed by atoms with E-state index < -0.39 is 10.0 Å². The molecule has 1 fully saturated rings. The fourth-order valence-corrected chi connectivity index (χ4v) is 5.84. The van der Waals surface area contributed by atoms with Gasteiger partial charge in [0.1, 0.15) is 5.82 Å². The summed E-state index contributed by atoms with van der Waals surface area (Å²) >= 11 is 0. The van der Waals surface area contributed by atoms with Crippen molar-refractivity contribution in [3.63, 3.8) is 0 Å². The van der Waals surface area contributed by atoms with Crippen LogP contribution in [0.25, 0.3) is 16.8 Å². The molecule has 3 aromatic rings. The molecule has 3 atom stereocenters. The first-order chi connectivity index (χ1) is 14.0. The maximum atomic E-state index is 12.5. The molecule has 0 amide bonds. The van der Waals surface area contributed by atoms with Crippen LogP contribution in [0, 0.1) is 17.2 Å². The molecule has 10 heteroatoms. The first kappa shape index (κ1) is 19.8. The van der Waals surface area contributed by atoms with Crippen molar-refractivity contribution in [2.24, 2.45) is 5.92 Å². The van der Waals surface area contributed by atoms with Crippen LogP contribution in [-0.4, -0.2) is 44.8 Å².